The van der Waals surface area contributed by atoms with E-state index in [1.165, 1.54) is 0 Å². The van der Waals surface area contributed by atoms with E-state index in [0.717, 1.165) is 5.69 Å². The van der Waals surface area contributed by atoms with Gasteiger partial charge in [0.25, 0.3) is 5.91 Å². The highest BCUT2D eigenvalue weighted by Crippen LogP contribution is 2.25. The van der Waals surface area contributed by atoms with Gasteiger partial charge in [0.1, 0.15) is 5.75 Å². The number of carbonyl (C=O) groups excluding carboxylic acids is 1. The summed E-state index contributed by atoms with van der Waals surface area (Å²) in [6, 6.07) is 14.2. The molecule has 0 aliphatic heterocycles. The van der Waals surface area contributed by atoms with Gasteiger partial charge in [-0.15, -0.1) is 0 Å². The molecule has 0 aliphatic carbocycles. The Labute approximate surface area is 134 Å². The van der Waals surface area contributed by atoms with Crippen LogP contribution in [-0.4, -0.2) is 19.1 Å². The summed E-state index contributed by atoms with van der Waals surface area (Å²) in [7, 11) is 1.71. The first kappa shape index (κ1) is 15.7. The van der Waals surface area contributed by atoms with Crippen LogP contribution in [0.2, 0.25) is 10.0 Å². The lowest BCUT2D eigenvalue weighted by atomic mass is 10.2. The molecule has 0 bridgehead atoms. The largest absolute Gasteiger partial charge is 0.481 e. The monoisotopic (exact) mass is 323 g/mol. The highest BCUT2D eigenvalue weighted by molar-refractivity contribution is 6.34. The fraction of sp³-hybridized carbons (Fsp3) is 0.188. The number of ether oxygens (including phenoxy) is 1. The maximum atomic E-state index is 12.4. The molecule has 0 aromatic heterocycles. The van der Waals surface area contributed by atoms with Gasteiger partial charge in [-0.2, -0.15) is 0 Å². The predicted octanol–water partition coefficient (Wildman–Crippen LogP) is 4.42. The minimum atomic E-state index is -0.648. The maximum Gasteiger partial charge on any atom is 0.267 e. The summed E-state index contributed by atoms with van der Waals surface area (Å²) < 4.78 is 5.62. The van der Waals surface area contributed by atoms with Crippen molar-refractivity contribution in [3.8, 4) is 5.75 Å². The molecule has 0 aliphatic rings. The molecule has 0 fully saturated rings. The minimum absolute atomic E-state index is 0.155. The van der Waals surface area contributed by atoms with Crippen molar-refractivity contribution in [3.05, 3.63) is 58.6 Å². The molecule has 110 valence electrons. The summed E-state index contributed by atoms with van der Waals surface area (Å²) in [6.07, 6.45) is -0.648. The van der Waals surface area contributed by atoms with Crippen LogP contribution in [0, 0.1) is 0 Å². The third kappa shape index (κ3) is 4.13. The standard InChI is InChI=1S/C16H15Cl2NO2/c1-11(21-15-9-12(17)8-13(18)10-15)16(20)19(2)14-6-4-3-5-7-14/h3-11H,1-2H3. The molecule has 21 heavy (non-hydrogen) atoms. The average molecular weight is 324 g/mol. The minimum Gasteiger partial charge on any atom is -0.481 e. The van der Waals surface area contributed by atoms with Crippen molar-refractivity contribution in [3.63, 3.8) is 0 Å². The number of carbonyl (C=O) groups is 1. The number of anilines is 1. The average Bonchev–Trinajstić information content (AvgIpc) is 2.45. The number of hydrogen-bond donors (Lipinski definition) is 0. The van der Waals surface area contributed by atoms with E-state index in [-0.39, 0.29) is 5.91 Å². The molecule has 0 saturated heterocycles. The Bertz CT molecular complexity index is 611. The van der Waals surface area contributed by atoms with Gasteiger partial charge in [0, 0.05) is 22.8 Å². The normalized spacial score (nSPS) is 11.8. The molecule has 0 spiro atoms. The Balaban J connectivity index is 2.09. The summed E-state index contributed by atoms with van der Waals surface area (Å²) >= 11 is 11.8. The van der Waals surface area contributed by atoms with E-state index in [4.69, 9.17) is 27.9 Å². The molecule has 0 heterocycles. The van der Waals surface area contributed by atoms with Crippen LogP contribution in [0.5, 0.6) is 5.75 Å². The predicted molar refractivity (Wildman–Crippen MR) is 86.4 cm³/mol. The Kier molecular flexibility index (Phi) is 5.10. The Hall–Kier alpha value is -1.71. The molecule has 2 aromatic rings. The number of halogens is 2. The number of hydrogen-bond acceptors (Lipinski definition) is 2. The van der Waals surface area contributed by atoms with Crippen LogP contribution in [0.3, 0.4) is 0 Å². The summed E-state index contributed by atoms with van der Waals surface area (Å²) in [5.74, 6) is 0.312. The first-order valence-corrected chi connectivity index (χ1v) is 7.18. The van der Waals surface area contributed by atoms with E-state index in [1.807, 2.05) is 30.3 Å². The van der Waals surface area contributed by atoms with E-state index >= 15 is 0 Å². The summed E-state index contributed by atoms with van der Waals surface area (Å²) in [5, 5.41) is 0.933. The van der Waals surface area contributed by atoms with Gasteiger partial charge in [-0.05, 0) is 37.3 Å². The van der Waals surface area contributed by atoms with E-state index in [1.54, 1.807) is 37.1 Å². The van der Waals surface area contributed by atoms with Crippen LogP contribution < -0.4 is 9.64 Å². The first-order valence-electron chi connectivity index (χ1n) is 6.43. The van der Waals surface area contributed by atoms with Gasteiger partial charge in [-0.1, -0.05) is 41.4 Å². The molecule has 2 rings (SSSR count). The molecule has 0 saturated carbocycles. The molecule has 1 amide bonds. The van der Waals surface area contributed by atoms with Crippen LogP contribution >= 0.6 is 23.2 Å². The van der Waals surface area contributed by atoms with Crippen LogP contribution in [0.25, 0.3) is 0 Å². The smallest absolute Gasteiger partial charge is 0.267 e. The van der Waals surface area contributed by atoms with Gasteiger partial charge in [-0.25, -0.2) is 0 Å². The zero-order valence-corrected chi connectivity index (χ0v) is 13.2. The van der Waals surface area contributed by atoms with E-state index < -0.39 is 6.10 Å². The highest BCUT2D eigenvalue weighted by atomic mass is 35.5. The molecule has 0 N–H and O–H groups in total. The molecule has 1 atom stereocenters. The van der Waals surface area contributed by atoms with Crippen LogP contribution in [0.1, 0.15) is 6.92 Å². The van der Waals surface area contributed by atoms with E-state index in [0.29, 0.717) is 15.8 Å². The van der Waals surface area contributed by atoms with Gasteiger partial charge in [0.05, 0.1) is 0 Å². The summed E-state index contributed by atoms with van der Waals surface area (Å²) in [4.78, 5) is 13.9. The third-order valence-electron chi connectivity index (χ3n) is 2.97. The van der Waals surface area contributed by atoms with Crippen molar-refractivity contribution < 1.29 is 9.53 Å². The first-order chi connectivity index (χ1) is 9.97. The fourth-order valence-corrected chi connectivity index (χ4v) is 2.41. The highest BCUT2D eigenvalue weighted by Gasteiger charge is 2.20. The van der Waals surface area contributed by atoms with E-state index in [9.17, 15) is 4.79 Å². The fourth-order valence-electron chi connectivity index (χ4n) is 1.90. The molecule has 5 heteroatoms. The van der Waals surface area contributed by atoms with Crippen molar-refractivity contribution in [2.75, 3.05) is 11.9 Å². The van der Waals surface area contributed by atoms with Crippen molar-refractivity contribution in [1.29, 1.82) is 0 Å². The number of nitrogens with zero attached hydrogens (tertiary/aromatic N) is 1. The van der Waals surface area contributed by atoms with Gasteiger partial charge in [0.15, 0.2) is 6.10 Å². The number of amides is 1. The Morgan fingerprint density at radius 3 is 2.24 bits per heavy atom. The van der Waals surface area contributed by atoms with Gasteiger partial charge >= 0.3 is 0 Å². The molecule has 2 aromatic carbocycles. The quantitative estimate of drug-likeness (QED) is 0.833. The number of rotatable bonds is 4. The van der Waals surface area contributed by atoms with Crippen molar-refractivity contribution in [1.82, 2.24) is 0 Å². The lowest BCUT2D eigenvalue weighted by molar-refractivity contribution is -0.124. The van der Waals surface area contributed by atoms with Gasteiger partial charge < -0.3 is 9.64 Å². The summed E-state index contributed by atoms with van der Waals surface area (Å²) in [5.41, 5.74) is 0.807. The second-order valence-electron chi connectivity index (χ2n) is 4.60. The lowest BCUT2D eigenvalue weighted by Crippen LogP contribution is -2.37. The third-order valence-corrected chi connectivity index (χ3v) is 3.41. The molecular formula is C16H15Cl2NO2. The second kappa shape index (κ2) is 6.83. The molecule has 1 unspecified atom stereocenters. The second-order valence-corrected chi connectivity index (χ2v) is 5.47. The number of likely N-dealkylation sites (N-methyl/N-ethyl adjacent to an activating group) is 1. The van der Waals surface area contributed by atoms with Gasteiger partial charge in [-0.3, -0.25) is 4.79 Å². The SMILES string of the molecule is CC(Oc1cc(Cl)cc(Cl)c1)C(=O)N(C)c1ccccc1. The zero-order valence-electron chi connectivity index (χ0n) is 11.7. The van der Waals surface area contributed by atoms with Crippen LogP contribution in [0.15, 0.2) is 48.5 Å². The lowest BCUT2D eigenvalue weighted by Gasteiger charge is -2.22. The maximum absolute atomic E-state index is 12.4. The zero-order chi connectivity index (χ0) is 15.4. The molecule has 3 nitrogen and oxygen atoms in total. The van der Waals surface area contributed by atoms with Crippen LogP contribution in [0.4, 0.5) is 5.69 Å². The topological polar surface area (TPSA) is 29.5 Å². The van der Waals surface area contributed by atoms with E-state index in [2.05, 4.69) is 0 Å². The van der Waals surface area contributed by atoms with Crippen molar-refractivity contribution in [2.24, 2.45) is 0 Å². The summed E-state index contributed by atoms with van der Waals surface area (Å²) in [6.45, 7) is 1.69. The van der Waals surface area contributed by atoms with Gasteiger partial charge in [0.2, 0.25) is 0 Å². The Morgan fingerprint density at radius 2 is 1.67 bits per heavy atom. The molecule has 0 radical (unpaired) electrons. The van der Waals surface area contributed by atoms with Crippen molar-refractivity contribution in [2.45, 2.75) is 13.0 Å². The van der Waals surface area contributed by atoms with Crippen molar-refractivity contribution >= 4 is 34.8 Å². The Morgan fingerprint density at radius 1 is 1.10 bits per heavy atom. The van der Waals surface area contributed by atoms with Crippen LogP contribution in [-0.2, 0) is 4.79 Å². The molecular weight excluding hydrogens is 309 g/mol. The number of para-hydroxylation sites is 1. The number of benzene rings is 2.